The Hall–Kier alpha value is -3.17. The number of amides is 1. The van der Waals surface area contributed by atoms with Gasteiger partial charge < -0.3 is 10.2 Å². The maximum absolute atomic E-state index is 13.5. The number of carbonyl (C=O) groups excluding carboxylic acids is 1. The van der Waals surface area contributed by atoms with Crippen molar-refractivity contribution in [1.29, 1.82) is 0 Å². The van der Waals surface area contributed by atoms with Crippen LogP contribution in [0.1, 0.15) is 50.0 Å². The lowest BCUT2D eigenvalue weighted by atomic mass is 9.86. The molecule has 10 heteroatoms. The Balaban J connectivity index is 1.36. The van der Waals surface area contributed by atoms with Gasteiger partial charge in [0.2, 0.25) is 17.7 Å². The molecule has 0 atom stereocenters. The summed E-state index contributed by atoms with van der Waals surface area (Å²) in [6.07, 6.45) is 3.41. The summed E-state index contributed by atoms with van der Waals surface area (Å²) in [4.78, 5) is 29.4. The Labute approximate surface area is 210 Å². The minimum absolute atomic E-state index is 0.00209. The van der Waals surface area contributed by atoms with Gasteiger partial charge in [0, 0.05) is 34.7 Å². The molecule has 2 heterocycles. The van der Waals surface area contributed by atoms with Crippen LogP contribution in [0.15, 0.2) is 62.9 Å². The molecule has 0 bridgehead atoms. The summed E-state index contributed by atoms with van der Waals surface area (Å²) in [6.45, 7) is 0. The van der Waals surface area contributed by atoms with Gasteiger partial charge in [0.1, 0.15) is 0 Å². The predicted octanol–water partition coefficient (Wildman–Crippen LogP) is 4.97. The van der Waals surface area contributed by atoms with Gasteiger partial charge in [0.05, 0.1) is 10.9 Å². The van der Waals surface area contributed by atoms with Gasteiger partial charge in [-0.05, 0) is 56.0 Å². The van der Waals surface area contributed by atoms with E-state index >= 15 is 0 Å². The third-order valence-corrected chi connectivity index (χ3v) is 7.47. The monoisotopic (exact) mass is 509 g/mol. The molecule has 2 aromatic carbocycles. The van der Waals surface area contributed by atoms with Crippen molar-refractivity contribution in [2.24, 2.45) is 5.73 Å². The van der Waals surface area contributed by atoms with Gasteiger partial charge >= 0.3 is 0 Å². The quantitative estimate of drug-likeness (QED) is 0.276. The maximum atomic E-state index is 13.5. The SMILES string of the molecule is NC(=O)CCSc1nc2ccccc2c(=O)n1C1CCC(c2nnc(-c3cccc(Cl)c3)o2)CC1. The lowest BCUT2D eigenvalue weighted by molar-refractivity contribution is -0.117. The Bertz CT molecular complexity index is 1430. The zero-order valence-corrected chi connectivity index (χ0v) is 20.5. The van der Waals surface area contributed by atoms with E-state index in [1.165, 1.54) is 11.8 Å². The zero-order valence-electron chi connectivity index (χ0n) is 18.9. The first-order valence-corrected chi connectivity index (χ1v) is 12.9. The number of thioether (sulfide) groups is 1. The summed E-state index contributed by atoms with van der Waals surface area (Å²) in [5, 5.41) is 10.3. The first-order valence-electron chi connectivity index (χ1n) is 11.5. The molecule has 1 aliphatic carbocycles. The van der Waals surface area contributed by atoms with Crippen LogP contribution >= 0.6 is 23.4 Å². The molecule has 0 aliphatic heterocycles. The largest absolute Gasteiger partial charge is 0.420 e. The molecule has 8 nitrogen and oxygen atoms in total. The second kappa shape index (κ2) is 10.2. The van der Waals surface area contributed by atoms with E-state index in [4.69, 9.17) is 26.7 Å². The number of halogens is 1. The van der Waals surface area contributed by atoms with Crippen molar-refractivity contribution in [2.75, 3.05) is 5.75 Å². The highest BCUT2D eigenvalue weighted by atomic mass is 35.5. The van der Waals surface area contributed by atoms with Crippen LogP contribution in [0.3, 0.4) is 0 Å². The van der Waals surface area contributed by atoms with Crippen LogP contribution < -0.4 is 11.3 Å². The topological polar surface area (TPSA) is 117 Å². The van der Waals surface area contributed by atoms with Crippen LogP contribution in [-0.2, 0) is 4.79 Å². The van der Waals surface area contributed by atoms with E-state index in [1.54, 1.807) is 22.8 Å². The van der Waals surface area contributed by atoms with E-state index in [0.29, 0.717) is 38.6 Å². The number of nitrogens with two attached hydrogens (primary N) is 1. The molecule has 4 aromatic rings. The Morgan fingerprint density at radius 3 is 2.69 bits per heavy atom. The minimum Gasteiger partial charge on any atom is -0.420 e. The molecule has 0 spiro atoms. The molecule has 0 saturated heterocycles. The van der Waals surface area contributed by atoms with Crippen molar-refractivity contribution in [3.63, 3.8) is 0 Å². The number of para-hydroxylation sites is 1. The third-order valence-electron chi connectivity index (χ3n) is 6.28. The summed E-state index contributed by atoms with van der Waals surface area (Å²) in [5.74, 6) is 1.29. The molecule has 2 aromatic heterocycles. The van der Waals surface area contributed by atoms with Crippen molar-refractivity contribution in [1.82, 2.24) is 19.7 Å². The number of benzene rings is 2. The average Bonchev–Trinajstić information content (AvgIpc) is 3.35. The highest BCUT2D eigenvalue weighted by Crippen LogP contribution is 2.39. The third kappa shape index (κ3) is 5.11. The first kappa shape index (κ1) is 23.6. The number of nitrogens with zero attached hydrogens (tertiary/aromatic N) is 4. The van der Waals surface area contributed by atoms with Crippen LogP contribution in [0.25, 0.3) is 22.4 Å². The molecule has 35 heavy (non-hydrogen) atoms. The Kier molecular flexibility index (Phi) is 6.88. The smallest absolute Gasteiger partial charge is 0.262 e. The van der Waals surface area contributed by atoms with Gasteiger partial charge in [0.15, 0.2) is 5.16 Å². The Morgan fingerprint density at radius 2 is 1.91 bits per heavy atom. The second-order valence-corrected chi connectivity index (χ2v) is 10.1. The molecule has 5 rings (SSSR count). The highest BCUT2D eigenvalue weighted by Gasteiger charge is 2.29. The number of fused-ring (bicyclic) bond motifs is 1. The molecule has 1 amide bonds. The van der Waals surface area contributed by atoms with Gasteiger partial charge in [0.25, 0.3) is 5.56 Å². The molecule has 180 valence electrons. The van der Waals surface area contributed by atoms with Crippen LogP contribution in [0.2, 0.25) is 5.02 Å². The molecular formula is C25H24ClN5O3S. The van der Waals surface area contributed by atoms with E-state index in [2.05, 4.69) is 10.2 Å². The average molecular weight is 510 g/mol. The standard InChI is InChI=1S/C25H24ClN5O3S/c26-17-5-3-4-16(14-17)23-30-29-22(34-23)15-8-10-18(11-9-15)31-24(33)19-6-1-2-7-20(19)28-25(31)35-13-12-21(27)32/h1-7,14-15,18H,8-13H2,(H2,27,32). The van der Waals surface area contributed by atoms with Gasteiger partial charge in [-0.15, -0.1) is 10.2 Å². The van der Waals surface area contributed by atoms with Crippen LogP contribution in [0, 0.1) is 0 Å². The molecule has 0 unspecified atom stereocenters. The van der Waals surface area contributed by atoms with E-state index in [0.717, 1.165) is 31.2 Å². The number of hydrogen-bond acceptors (Lipinski definition) is 7. The summed E-state index contributed by atoms with van der Waals surface area (Å²) < 4.78 is 7.78. The van der Waals surface area contributed by atoms with Gasteiger partial charge in [-0.25, -0.2) is 4.98 Å². The number of hydrogen-bond donors (Lipinski definition) is 1. The van der Waals surface area contributed by atoms with Gasteiger partial charge in [-0.1, -0.05) is 41.6 Å². The summed E-state index contributed by atoms with van der Waals surface area (Å²) in [6, 6.07) is 14.7. The van der Waals surface area contributed by atoms with E-state index in [-0.39, 0.29) is 29.8 Å². The van der Waals surface area contributed by atoms with Gasteiger partial charge in [-0.3, -0.25) is 14.2 Å². The molecule has 1 saturated carbocycles. The molecule has 2 N–H and O–H groups in total. The van der Waals surface area contributed by atoms with E-state index in [9.17, 15) is 9.59 Å². The number of rotatable bonds is 7. The number of primary amides is 1. The fraction of sp³-hybridized carbons (Fsp3) is 0.320. The maximum Gasteiger partial charge on any atom is 0.262 e. The fourth-order valence-corrected chi connectivity index (χ4v) is 5.72. The van der Waals surface area contributed by atoms with Crippen molar-refractivity contribution in [2.45, 2.75) is 49.2 Å². The summed E-state index contributed by atoms with van der Waals surface area (Å²) in [7, 11) is 0. The second-order valence-electron chi connectivity index (χ2n) is 8.61. The normalized spacial score (nSPS) is 18.1. The number of aromatic nitrogens is 4. The molecule has 0 radical (unpaired) electrons. The first-order chi connectivity index (χ1) is 17.0. The lowest BCUT2D eigenvalue weighted by Gasteiger charge is -2.29. The van der Waals surface area contributed by atoms with Crippen molar-refractivity contribution >= 4 is 40.2 Å². The predicted molar refractivity (Wildman–Crippen MR) is 136 cm³/mol. The summed E-state index contributed by atoms with van der Waals surface area (Å²) in [5.41, 5.74) is 6.70. The van der Waals surface area contributed by atoms with Gasteiger partial charge in [-0.2, -0.15) is 0 Å². The van der Waals surface area contributed by atoms with Crippen molar-refractivity contribution in [3.05, 3.63) is 69.8 Å². The summed E-state index contributed by atoms with van der Waals surface area (Å²) >= 11 is 7.48. The Morgan fingerprint density at radius 1 is 1.11 bits per heavy atom. The van der Waals surface area contributed by atoms with E-state index in [1.807, 2.05) is 30.3 Å². The lowest BCUT2D eigenvalue weighted by Crippen LogP contribution is -2.30. The van der Waals surface area contributed by atoms with Crippen LogP contribution in [0.5, 0.6) is 0 Å². The molecular weight excluding hydrogens is 486 g/mol. The molecule has 1 fully saturated rings. The van der Waals surface area contributed by atoms with Crippen molar-refractivity contribution < 1.29 is 9.21 Å². The van der Waals surface area contributed by atoms with Crippen molar-refractivity contribution in [3.8, 4) is 11.5 Å². The minimum atomic E-state index is -0.371. The zero-order chi connectivity index (χ0) is 24.4. The van der Waals surface area contributed by atoms with Crippen LogP contribution in [-0.4, -0.2) is 31.4 Å². The fourth-order valence-electron chi connectivity index (χ4n) is 4.51. The highest BCUT2D eigenvalue weighted by molar-refractivity contribution is 7.99. The van der Waals surface area contributed by atoms with Crippen LogP contribution in [0.4, 0.5) is 0 Å². The number of carbonyl (C=O) groups is 1. The molecule has 1 aliphatic rings. The van der Waals surface area contributed by atoms with E-state index < -0.39 is 0 Å².